The van der Waals surface area contributed by atoms with E-state index in [1.807, 2.05) is 6.92 Å². The first-order valence-electron chi connectivity index (χ1n) is 8.15. The van der Waals surface area contributed by atoms with Gasteiger partial charge in [-0.3, -0.25) is 9.59 Å². The van der Waals surface area contributed by atoms with Crippen molar-refractivity contribution in [3.8, 4) is 0 Å². The van der Waals surface area contributed by atoms with Crippen LogP contribution in [0.25, 0.3) is 0 Å². The summed E-state index contributed by atoms with van der Waals surface area (Å²) in [5.41, 5.74) is 1.65. The molecule has 0 aliphatic heterocycles. The van der Waals surface area contributed by atoms with Crippen molar-refractivity contribution in [3.05, 3.63) is 87.8 Å². The number of benzene rings is 2. The maximum atomic E-state index is 12.6. The predicted molar refractivity (Wildman–Crippen MR) is 105 cm³/mol. The monoisotopic (exact) mass is 402 g/mol. The molecule has 0 fully saturated rings. The highest BCUT2D eigenvalue weighted by Gasteiger charge is 2.15. The first-order valence-corrected chi connectivity index (χ1v) is 8.90. The van der Waals surface area contributed by atoms with E-state index in [0.717, 1.165) is 5.56 Å². The van der Waals surface area contributed by atoms with Crippen LogP contribution in [0.15, 0.2) is 65.3 Å². The Kier molecular flexibility index (Phi) is 5.84. The van der Waals surface area contributed by atoms with Crippen LogP contribution in [0.2, 0.25) is 10.0 Å². The molecule has 0 aliphatic rings. The van der Waals surface area contributed by atoms with Gasteiger partial charge in [0.25, 0.3) is 11.8 Å². The predicted octanol–water partition coefficient (Wildman–Crippen LogP) is 5.33. The van der Waals surface area contributed by atoms with Gasteiger partial charge in [0.2, 0.25) is 0 Å². The highest BCUT2D eigenvalue weighted by Crippen LogP contribution is 2.26. The standard InChI is InChI=1S/C20H16Cl2N2O3/c1-12(16-8-7-14(21)11-17(16)22)23-19(25)13-4-2-5-15(10-13)24-20(26)18-6-3-9-27-18/h2-12H,1H3,(H,23,25)(H,24,26). The van der Waals surface area contributed by atoms with Gasteiger partial charge in [-0.2, -0.15) is 0 Å². The summed E-state index contributed by atoms with van der Waals surface area (Å²) in [6.07, 6.45) is 1.42. The number of anilines is 1. The van der Waals surface area contributed by atoms with E-state index in [0.29, 0.717) is 21.3 Å². The summed E-state index contributed by atoms with van der Waals surface area (Å²) in [4.78, 5) is 24.6. The zero-order chi connectivity index (χ0) is 19.4. The third kappa shape index (κ3) is 4.70. The lowest BCUT2D eigenvalue weighted by atomic mass is 10.1. The molecule has 2 N–H and O–H groups in total. The molecule has 7 heteroatoms. The average molecular weight is 403 g/mol. The first-order chi connectivity index (χ1) is 12.9. The quantitative estimate of drug-likeness (QED) is 0.605. The molecule has 3 rings (SSSR count). The van der Waals surface area contributed by atoms with Crippen molar-refractivity contribution < 1.29 is 14.0 Å². The fraction of sp³-hybridized carbons (Fsp3) is 0.100. The number of hydrogen-bond acceptors (Lipinski definition) is 3. The van der Waals surface area contributed by atoms with Crippen molar-refractivity contribution in [2.45, 2.75) is 13.0 Å². The molecule has 5 nitrogen and oxygen atoms in total. The summed E-state index contributed by atoms with van der Waals surface area (Å²) < 4.78 is 5.05. The van der Waals surface area contributed by atoms with Crippen LogP contribution >= 0.6 is 23.2 Å². The van der Waals surface area contributed by atoms with Crippen molar-refractivity contribution in [2.24, 2.45) is 0 Å². The second kappa shape index (κ2) is 8.29. The molecule has 1 atom stereocenters. The highest BCUT2D eigenvalue weighted by atomic mass is 35.5. The zero-order valence-electron chi connectivity index (χ0n) is 14.3. The Morgan fingerprint density at radius 2 is 1.81 bits per heavy atom. The summed E-state index contributed by atoms with van der Waals surface area (Å²) >= 11 is 12.1. The Labute approximate surface area is 166 Å². The van der Waals surface area contributed by atoms with Crippen LogP contribution in [0.5, 0.6) is 0 Å². The molecule has 1 heterocycles. The number of furan rings is 1. The lowest BCUT2D eigenvalue weighted by molar-refractivity contribution is 0.0938. The van der Waals surface area contributed by atoms with Gasteiger partial charge >= 0.3 is 0 Å². The second-order valence-corrected chi connectivity index (χ2v) is 6.72. The Bertz CT molecular complexity index is 971. The number of rotatable bonds is 5. The van der Waals surface area contributed by atoms with Crippen LogP contribution in [-0.4, -0.2) is 11.8 Å². The van der Waals surface area contributed by atoms with Gasteiger partial charge in [-0.1, -0.05) is 35.3 Å². The van der Waals surface area contributed by atoms with Crippen molar-refractivity contribution in [3.63, 3.8) is 0 Å². The van der Waals surface area contributed by atoms with E-state index in [4.69, 9.17) is 27.6 Å². The molecule has 0 aliphatic carbocycles. The summed E-state index contributed by atoms with van der Waals surface area (Å²) in [7, 11) is 0. The molecule has 0 spiro atoms. The molecule has 2 amide bonds. The average Bonchev–Trinajstić information content (AvgIpc) is 3.16. The maximum absolute atomic E-state index is 12.6. The maximum Gasteiger partial charge on any atom is 0.291 e. The Balaban J connectivity index is 1.70. The molecule has 138 valence electrons. The smallest absolute Gasteiger partial charge is 0.291 e. The van der Waals surface area contributed by atoms with E-state index in [2.05, 4.69) is 10.6 Å². The van der Waals surface area contributed by atoms with Gasteiger partial charge in [0.1, 0.15) is 0 Å². The molecule has 0 saturated heterocycles. The molecular formula is C20H16Cl2N2O3. The highest BCUT2D eigenvalue weighted by molar-refractivity contribution is 6.35. The minimum Gasteiger partial charge on any atom is -0.459 e. The van der Waals surface area contributed by atoms with Gasteiger partial charge in [-0.15, -0.1) is 0 Å². The van der Waals surface area contributed by atoms with Crippen LogP contribution < -0.4 is 10.6 Å². The van der Waals surface area contributed by atoms with Gasteiger partial charge in [0.15, 0.2) is 5.76 Å². The molecule has 0 radical (unpaired) electrons. The topological polar surface area (TPSA) is 71.3 Å². The largest absolute Gasteiger partial charge is 0.459 e. The molecule has 1 aromatic heterocycles. The summed E-state index contributed by atoms with van der Waals surface area (Å²) in [5, 5.41) is 6.59. The van der Waals surface area contributed by atoms with Crippen LogP contribution in [-0.2, 0) is 0 Å². The Morgan fingerprint density at radius 3 is 2.52 bits per heavy atom. The number of nitrogens with one attached hydrogen (secondary N) is 2. The molecule has 1 unspecified atom stereocenters. The van der Waals surface area contributed by atoms with E-state index in [-0.39, 0.29) is 23.6 Å². The van der Waals surface area contributed by atoms with E-state index in [1.165, 1.54) is 6.26 Å². The third-order valence-corrected chi connectivity index (χ3v) is 4.47. The summed E-state index contributed by atoms with van der Waals surface area (Å²) in [6, 6.07) is 14.6. The van der Waals surface area contributed by atoms with Crippen molar-refractivity contribution >= 4 is 40.7 Å². The van der Waals surface area contributed by atoms with E-state index in [1.54, 1.807) is 54.6 Å². The number of amides is 2. The molecule has 0 saturated carbocycles. The van der Waals surface area contributed by atoms with E-state index in [9.17, 15) is 9.59 Å². The first kappa shape index (κ1) is 19.0. The van der Waals surface area contributed by atoms with E-state index < -0.39 is 0 Å². The number of hydrogen-bond donors (Lipinski definition) is 2. The minimum absolute atomic E-state index is 0.191. The third-order valence-electron chi connectivity index (χ3n) is 3.90. The van der Waals surface area contributed by atoms with Crippen LogP contribution in [0.1, 0.15) is 39.4 Å². The van der Waals surface area contributed by atoms with Gasteiger partial charge < -0.3 is 15.1 Å². The van der Waals surface area contributed by atoms with Gasteiger partial charge in [-0.25, -0.2) is 0 Å². The SMILES string of the molecule is CC(NC(=O)c1cccc(NC(=O)c2ccco2)c1)c1ccc(Cl)cc1Cl. The summed E-state index contributed by atoms with van der Waals surface area (Å²) in [6.45, 7) is 1.83. The van der Waals surface area contributed by atoms with Crippen molar-refractivity contribution in [1.29, 1.82) is 0 Å². The fourth-order valence-corrected chi connectivity index (χ4v) is 3.12. The molecule has 2 aromatic carbocycles. The lowest BCUT2D eigenvalue weighted by Gasteiger charge is -2.16. The number of carbonyl (C=O) groups is 2. The molecule has 0 bridgehead atoms. The second-order valence-electron chi connectivity index (χ2n) is 5.87. The fourth-order valence-electron chi connectivity index (χ4n) is 2.55. The van der Waals surface area contributed by atoms with Crippen molar-refractivity contribution in [2.75, 3.05) is 5.32 Å². The number of halogens is 2. The normalized spacial score (nSPS) is 11.7. The van der Waals surface area contributed by atoms with Gasteiger partial charge in [0.05, 0.1) is 12.3 Å². The van der Waals surface area contributed by atoms with Crippen LogP contribution in [0, 0.1) is 0 Å². The Morgan fingerprint density at radius 1 is 1.00 bits per heavy atom. The zero-order valence-corrected chi connectivity index (χ0v) is 15.8. The van der Waals surface area contributed by atoms with Gasteiger partial charge in [0, 0.05) is 21.3 Å². The van der Waals surface area contributed by atoms with Crippen LogP contribution in [0.4, 0.5) is 5.69 Å². The van der Waals surface area contributed by atoms with E-state index >= 15 is 0 Å². The summed E-state index contributed by atoms with van der Waals surface area (Å²) in [5.74, 6) is -0.489. The van der Waals surface area contributed by atoms with Crippen molar-refractivity contribution in [1.82, 2.24) is 5.32 Å². The molecule has 3 aromatic rings. The minimum atomic E-state index is -0.390. The lowest BCUT2D eigenvalue weighted by Crippen LogP contribution is -2.27. The Hall–Kier alpha value is -2.76. The van der Waals surface area contributed by atoms with Crippen LogP contribution in [0.3, 0.4) is 0 Å². The van der Waals surface area contributed by atoms with Gasteiger partial charge in [-0.05, 0) is 55.0 Å². The molecule has 27 heavy (non-hydrogen) atoms. The molecular weight excluding hydrogens is 387 g/mol. The number of carbonyl (C=O) groups excluding carboxylic acids is 2.